The van der Waals surface area contributed by atoms with Gasteiger partial charge in [-0.2, -0.15) is 21.6 Å². The highest BCUT2D eigenvalue weighted by molar-refractivity contribution is 7.88. The molecule has 4 rings (SSSR count). The van der Waals surface area contributed by atoms with Gasteiger partial charge in [-0.05, 0) is 56.7 Å². The standard InChI is InChI=1S/C29H25ClF4N2O6S.CH3Cl/c1-13(2)26-15(4)25(38)20-9-14(3)8-19(28(20)41-26)16(5)35-22-6-7-23(30)36-24(22)17-10-18(12-37)27(21(31)11-17)42-43(39,40)29(32,33)34;1-2/h6-13,16,35H,1-5H3;1H3. The van der Waals surface area contributed by atoms with E-state index >= 15 is 4.39 Å². The smallest absolute Gasteiger partial charge is 0.460 e. The van der Waals surface area contributed by atoms with Gasteiger partial charge in [-0.3, -0.25) is 9.59 Å². The van der Waals surface area contributed by atoms with E-state index in [9.17, 15) is 31.2 Å². The summed E-state index contributed by atoms with van der Waals surface area (Å²) < 4.78 is 86.6. The first-order chi connectivity index (χ1) is 20.9. The van der Waals surface area contributed by atoms with Gasteiger partial charge < -0.3 is 13.9 Å². The van der Waals surface area contributed by atoms with Crippen LogP contribution in [-0.2, 0) is 10.1 Å². The first-order valence-electron chi connectivity index (χ1n) is 13.1. The lowest BCUT2D eigenvalue weighted by Gasteiger charge is -2.21. The Balaban J connectivity index is 0.00000271. The summed E-state index contributed by atoms with van der Waals surface area (Å²) >= 11 is 10.7. The lowest BCUT2D eigenvalue weighted by Crippen LogP contribution is -2.28. The summed E-state index contributed by atoms with van der Waals surface area (Å²) in [6.07, 6.45) is 1.42. The molecule has 0 spiro atoms. The van der Waals surface area contributed by atoms with E-state index in [1.165, 1.54) is 18.5 Å². The molecule has 0 aliphatic heterocycles. The SMILES string of the molecule is CCl.Cc1cc(C(C)Nc2ccc(Cl)nc2-c2cc(F)c(OS(=O)(=O)C(F)(F)F)c(C=O)c2)c2oc(C(C)C)c(C)c(=O)c2c1. The van der Waals surface area contributed by atoms with Crippen LogP contribution in [0.15, 0.2) is 45.6 Å². The van der Waals surface area contributed by atoms with Crippen LogP contribution < -0.4 is 14.9 Å². The van der Waals surface area contributed by atoms with Crippen LogP contribution in [-0.4, -0.2) is 31.6 Å². The number of aromatic nitrogens is 1. The molecule has 0 aliphatic carbocycles. The minimum Gasteiger partial charge on any atom is -0.460 e. The lowest BCUT2D eigenvalue weighted by atomic mass is 9.98. The van der Waals surface area contributed by atoms with Crippen molar-refractivity contribution >= 4 is 56.3 Å². The number of anilines is 1. The summed E-state index contributed by atoms with van der Waals surface area (Å²) in [7, 11) is -6.26. The maximum Gasteiger partial charge on any atom is 0.534 e. The average Bonchev–Trinajstić information content (AvgIpc) is 2.96. The van der Waals surface area contributed by atoms with Crippen LogP contribution >= 0.6 is 23.2 Å². The van der Waals surface area contributed by atoms with Gasteiger partial charge in [0.15, 0.2) is 23.3 Å². The molecule has 1 unspecified atom stereocenters. The zero-order valence-corrected chi connectivity index (χ0v) is 27.1. The quantitative estimate of drug-likeness (QED) is 0.0489. The number of hydrogen-bond acceptors (Lipinski definition) is 8. The van der Waals surface area contributed by atoms with Crippen molar-refractivity contribution in [3.8, 4) is 17.0 Å². The van der Waals surface area contributed by atoms with Gasteiger partial charge >= 0.3 is 15.6 Å². The summed E-state index contributed by atoms with van der Waals surface area (Å²) in [5.41, 5.74) is -4.41. The number of aldehydes is 1. The number of hydrogen-bond donors (Lipinski definition) is 1. The second kappa shape index (κ2) is 13.8. The first-order valence-corrected chi connectivity index (χ1v) is 15.7. The minimum absolute atomic E-state index is 0.0105. The molecular weight excluding hydrogens is 663 g/mol. The summed E-state index contributed by atoms with van der Waals surface area (Å²) in [4.78, 5) is 29.1. The topological polar surface area (TPSA) is 116 Å². The van der Waals surface area contributed by atoms with E-state index in [1.807, 2.05) is 26.8 Å². The van der Waals surface area contributed by atoms with Crippen molar-refractivity contribution in [1.29, 1.82) is 0 Å². The van der Waals surface area contributed by atoms with E-state index in [0.717, 1.165) is 11.6 Å². The van der Waals surface area contributed by atoms with Crippen LogP contribution in [0.1, 0.15) is 65.5 Å². The molecule has 0 aliphatic rings. The molecule has 242 valence electrons. The van der Waals surface area contributed by atoms with Crippen LogP contribution in [0.5, 0.6) is 5.75 Å². The van der Waals surface area contributed by atoms with Gasteiger partial charge in [0.2, 0.25) is 0 Å². The van der Waals surface area contributed by atoms with E-state index in [4.69, 9.17) is 16.0 Å². The maximum atomic E-state index is 15.0. The summed E-state index contributed by atoms with van der Waals surface area (Å²) in [6, 6.07) is 7.55. The molecule has 8 nitrogen and oxygen atoms in total. The Morgan fingerprint density at radius 2 is 1.71 bits per heavy atom. The number of fused-ring (bicyclic) bond motifs is 1. The number of carbonyl (C=O) groups excluding carboxylic acids is 1. The fraction of sp³-hybridized carbons (Fsp3) is 0.300. The van der Waals surface area contributed by atoms with Crippen molar-refractivity contribution in [3.05, 3.63) is 85.6 Å². The molecule has 0 saturated heterocycles. The van der Waals surface area contributed by atoms with Crippen molar-refractivity contribution in [3.63, 3.8) is 0 Å². The number of nitrogens with zero attached hydrogens (tertiary/aromatic N) is 1. The number of nitrogens with one attached hydrogen (secondary N) is 1. The Morgan fingerprint density at radius 1 is 1.07 bits per heavy atom. The normalized spacial score (nSPS) is 12.5. The van der Waals surface area contributed by atoms with Crippen LogP contribution in [0.4, 0.5) is 23.2 Å². The molecule has 0 bridgehead atoms. The number of alkyl halides is 4. The van der Waals surface area contributed by atoms with Gasteiger partial charge in [0, 0.05) is 29.0 Å². The van der Waals surface area contributed by atoms with E-state index < -0.39 is 38.8 Å². The van der Waals surface area contributed by atoms with Crippen molar-refractivity contribution in [1.82, 2.24) is 4.98 Å². The van der Waals surface area contributed by atoms with Crippen molar-refractivity contribution in [2.24, 2.45) is 0 Å². The second-order valence-electron chi connectivity index (χ2n) is 10.2. The van der Waals surface area contributed by atoms with E-state index in [0.29, 0.717) is 33.9 Å². The van der Waals surface area contributed by atoms with Crippen LogP contribution in [0.3, 0.4) is 0 Å². The number of benzene rings is 2. The molecule has 15 heteroatoms. The molecule has 0 saturated carbocycles. The summed E-state index contributed by atoms with van der Waals surface area (Å²) in [5, 5.41) is 3.57. The predicted octanol–water partition coefficient (Wildman–Crippen LogP) is 8.46. The van der Waals surface area contributed by atoms with Gasteiger partial charge in [-0.15, -0.1) is 11.6 Å². The molecule has 4 aromatic rings. The van der Waals surface area contributed by atoms with Crippen LogP contribution in [0.2, 0.25) is 5.15 Å². The number of halogens is 6. The monoisotopic (exact) mass is 690 g/mol. The molecule has 1 N–H and O–H groups in total. The molecular formula is C30H28Cl2F4N2O6S. The lowest BCUT2D eigenvalue weighted by molar-refractivity contribution is -0.0501. The van der Waals surface area contributed by atoms with Crippen molar-refractivity contribution < 1.29 is 39.4 Å². The third-order valence-electron chi connectivity index (χ3n) is 6.60. The zero-order chi connectivity index (χ0) is 34.0. The van der Waals surface area contributed by atoms with Gasteiger partial charge in [0.1, 0.15) is 16.5 Å². The number of pyridine rings is 1. The third kappa shape index (κ3) is 7.42. The molecule has 0 amide bonds. The highest BCUT2D eigenvalue weighted by Crippen LogP contribution is 2.37. The molecule has 2 aromatic carbocycles. The number of aryl methyl sites for hydroxylation is 1. The highest BCUT2D eigenvalue weighted by atomic mass is 35.5. The van der Waals surface area contributed by atoms with Crippen molar-refractivity contribution in [2.45, 2.75) is 52.1 Å². The highest BCUT2D eigenvalue weighted by Gasteiger charge is 2.49. The predicted molar refractivity (Wildman–Crippen MR) is 165 cm³/mol. The summed E-state index contributed by atoms with van der Waals surface area (Å²) in [6.45, 7) is 9.11. The molecule has 2 heterocycles. The van der Waals surface area contributed by atoms with Crippen LogP contribution in [0, 0.1) is 19.7 Å². The zero-order valence-electron chi connectivity index (χ0n) is 24.8. The number of rotatable bonds is 8. The molecule has 0 fully saturated rings. The Kier molecular flexibility index (Phi) is 10.9. The Morgan fingerprint density at radius 3 is 2.29 bits per heavy atom. The fourth-order valence-corrected chi connectivity index (χ4v) is 5.26. The maximum absolute atomic E-state index is 15.0. The van der Waals surface area contributed by atoms with Gasteiger partial charge in [0.25, 0.3) is 0 Å². The van der Waals surface area contributed by atoms with Gasteiger partial charge in [0.05, 0.1) is 28.4 Å². The molecule has 45 heavy (non-hydrogen) atoms. The van der Waals surface area contributed by atoms with E-state index in [-0.39, 0.29) is 39.7 Å². The molecule has 0 radical (unpaired) electrons. The fourth-order valence-electron chi connectivity index (χ4n) is 4.62. The minimum atomic E-state index is -6.26. The largest absolute Gasteiger partial charge is 0.534 e. The van der Waals surface area contributed by atoms with Crippen LogP contribution in [0.25, 0.3) is 22.2 Å². The Labute approximate surface area is 266 Å². The van der Waals surface area contributed by atoms with E-state index in [1.54, 1.807) is 19.9 Å². The van der Waals surface area contributed by atoms with Gasteiger partial charge in [-0.25, -0.2) is 9.37 Å². The number of carbonyl (C=O) groups is 1. The van der Waals surface area contributed by atoms with Gasteiger partial charge in [-0.1, -0.05) is 31.5 Å². The Bertz CT molecular complexity index is 1930. The average molecular weight is 692 g/mol. The van der Waals surface area contributed by atoms with E-state index in [2.05, 4.69) is 26.1 Å². The summed E-state index contributed by atoms with van der Waals surface area (Å²) in [5.74, 6) is -2.51. The molecule has 2 aromatic heterocycles. The molecule has 1 atom stereocenters. The Hall–Kier alpha value is -3.68. The third-order valence-corrected chi connectivity index (χ3v) is 7.77. The first kappa shape index (κ1) is 35.8. The second-order valence-corrected chi connectivity index (χ2v) is 12.1. The van der Waals surface area contributed by atoms with Crippen molar-refractivity contribution in [2.75, 3.05) is 11.7 Å².